The van der Waals surface area contributed by atoms with E-state index in [1.807, 2.05) is 12.1 Å². The Bertz CT molecular complexity index is 468. The second-order valence-corrected chi connectivity index (χ2v) is 5.40. The second-order valence-electron chi connectivity index (χ2n) is 5.40. The normalized spacial score (nSPS) is 18.1. The van der Waals surface area contributed by atoms with E-state index < -0.39 is 6.10 Å². The molecule has 1 aliphatic rings. The van der Waals surface area contributed by atoms with Crippen LogP contribution in [-0.2, 0) is 0 Å². The molecule has 0 aliphatic carbocycles. The molecule has 1 saturated heterocycles. The molecule has 2 rings (SSSR count). The van der Waals surface area contributed by atoms with Gasteiger partial charge in [-0.15, -0.1) is 0 Å². The van der Waals surface area contributed by atoms with Gasteiger partial charge in [0.1, 0.15) is 0 Å². The Kier molecular flexibility index (Phi) is 4.44. The Hall–Kier alpha value is -1.53. The lowest BCUT2D eigenvalue weighted by Gasteiger charge is -2.35. The van der Waals surface area contributed by atoms with Gasteiger partial charge in [0.2, 0.25) is 0 Å². The Morgan fingerprint density at radius 1 is 1.42 bits per heavy atom. The smallest absolute Gasteiger partial charge is 0.0992 e. The third-order valence-corrected chi connectivity index (χ3v) is 4.14. The predicted molar refractivity (Wildman–Crippen MR) is 77.0 cm³/mol. The fourth-order valence-corrected chi connectivity index (χ4v) is 2.82. The SMILES string of the molecule is CCC1CCN(c2cc(C#N)ccc2[C@H](C)O)CC1. The number of hydrogen-bond donors (Lipinski definition) is 1. The molecular formula is C16H22N2O. The highest BCUT2D eigenvalue weighted by Gasteiger charge is 2.21. The minimum absolute atomic E-state index is 0.494. The van der Waals surface area contributed by atoms with Crippen LogP contribution in [0.25, 0.3) is 0 Å². The first-order chi connectivity index (χ1) is 9.15. The van der Waals surface area contributed by atoms with Gasteiger partial charge in [-0.05, 0) is 37.8 Å². The third-order valence-electron chi connectivity index (χ3n) is 4.14. The molecule has 0 unspecified atom stereocenters. The highest BCUT2D eigenvalue weighted by Crippen LogP contribution is 2.31. The maximum absolute atomic E-state index is 9.89. The van der Waals surface area contributed by atoms with E-state index in [1.54, 1.807) is 13.0 Å². The second kappa shape index (κ2) is 6.08. The maximum atomic E-state index is 9.89. The van der Waals surface area contributed by atoms with Gasteiger partial charge in [0, 0.05) is 24.3 Å². The van der Waals surface area contributed by atoms with Gasteiger partial charge in [-0.25, -0.2) is 0 Å². The van der Waals surface area contributed by atoms with Crippen molar-refractivity contribution in [3.05, 3.63) is 29.3 Å². The fraction of sp³-hybridized carbons (Fsp3) is 0.562. The Morgan fingerprint density at radius 3 is 2.63 bits per heavy atom. The summed E-state index contributed by atoms with van der Waals surface area (Å²) < 4.78 is 0. The number of nitriles is 1. The number of benzene rings is 1. The molecule has 0 bridgehead atoms. The molecule has 19 heavy (non-hydrogen) atoms. The monoisotopic (exact) mass is 258 g/mol. The van der Waals surface area contributed by atoms with Crippen molar-refractivity contribution < 1.29 is 5.11 Å². The minimum Gasteiger partial charge on any atom is -0.389 e. The van der Waals surface area contributed by atoms with Crippen LogP contribution in [0.2, 0.25) is 0 Å². The quantitative estimate of drug-likeness (QED) is 0.905. The summed E-state index contributed by atoms with van der Waals surface area (Å²) in [5, 5.41) is 18.9. The molecule has 3 heteroatoms. The molecule has 1 atom stereocenters. The van der Waals surface area contributed by atoms with Gasteiger partial charge in [0.05, 0.1) is 17.7 Å². The number of aliphatic hydroxyl groups is 1. The summed E-state index contributed by atoms with van der Waals surface area (Å²) in [7, 11) is 0. The van der Waals surface area contributed by atoms with Gasteiger partial charge in [-0.1, -0.05) is 19.4 Å². The molecule has 102 valence electrons. The average molecular weight is 258 g/mol. The molecule has 1 fully saturated rings. The van der Waals surface area contributed by atoms with E-state index in [9.17, 15) is 5.11 Å². The summed E-state index contributed by atoms with van der Waals surface area (Å²) >= 11 is 0. The molecule has 0 aromatic heterocycles. The molecule has 1 aliphatic heterocycles. The first kappa shape index (κ1) is 13.9. The van der Waals surface area contributed by atoms with Gasteiger partial charge >= 0.3 is 0 Å². The van der Waals surface area contributed by atoms with Crippen LogP contribution in [0.1, 0.15) is 50.3 Å². The summed E-state index contributed by atoms with van der Waals surface area (Å²) in [5.41, 5.74) is 2.62. The van der Waals surface area contributed by atoms with Gasteiger partial charge in [-0.2, -0.15) is 5.26 Å². The van der Waals surface area contributed by atoms with Crippen molar-refractivity contribution in [2.24, 2.45) is 5.92 Å². The van der Waals surface area contributed by atoms with E-state index in [2.05, 4.69) is 17.9 Å². The van der Waals surface area contributed by atoms with Crippen LogP contribution in [-0.4, -0.2) is 18.2 Å². The van der Waals surface area contributed by atoms with Crippen LogP contribution in [0.3, 0.4) is 0 Å². The fourth-order valence-electron chi connectivity index (χ4n) is 2.82. The zero-order valence-corrected chi connectivity index (χ0v) is 11.8. The largest absolute Gasteiger partial charge is 0.389 e. The summed E-state index contributed by atoms with van der Waals surface area (Å²) in [6, 6.07) is 7.76. The zero-order chi connectivity index (χ0) is 13.8. The average Bonchev–Trinajstić information content (AvgIpc) is 2.46. The topological polar surface area (TPSA) is 47.3 Å². The Labute approximate surface area is 115 Å². The van der Waals surface area contributed by atoms with Crippen LogP contribution in [0.5, 0.6) is 0 Å². The van der Waals surface area contributed by atoms with Crippen molar-refractivity contribution in [1.29, 1.82) is 5.26 Å². The van der Waals surface area contributed by atoms with Crippen LogP contribution < -0.4 is 4.90 Å². The van der Waals surface area contributed by atoms with Gasteiger partial charge in [0.25, 0.3) is 0 Å². The van der Waals surface area contributed by atoms with Gasteiger partial charge in [-0.3, -0.25) is 0 Å². The van der Waals surface area contributed by atoms with Crippen LogP contribution >= 0.6 is 0 Å². The third kappa shape index (κ3) is 3.08. The highest BCUT2D eigenvalue weighted by molar-refractivity contribution is 5.58. The van der Waals surface area contributed by atoms with Gasteiger partial charge in [0.15, 0.2) is 0 Å². The number of hydrogen-bond acceptors (Lipinski definition) is 3. The molecule has 0 radical (unpaired) electrons. The number of nitrogens with zero attached hydrogens (tertiary/aromatic N) is 2. The van der Waals surface area contributed by atoms with Crippen molar-refractivity contribution in [2.45, 2.75) is 39.2 Å². The lowest BCUT2D eigenvalue weighted by Crippen LogP contribution is -2.34. The van der Waals surface area contributed by atoms with E-state index in [0.29, 0.717) is 5.56 Å². The molecule has 1 aromatic carbocycles. The zero-order valence-electron chi connectivity index (χ0n) is 11.8. The summed E-state index contributed by atoms with van der Waals surface area (Å²) in [6.45, 7) is 6.07. The summed E-state index contributed by atoms with van der Waals surface area (Å²) in [6.07, 6.45) is 3.15. The van der Waals surface area contributed by atoms with E-state index in [1.165, 1.54) is 19.3 Å². The van der Waals surface area contributed by atoms with Crippen molar-refractivity contribution in [1.82, 2.24) is 0 Å². The summed E-state index contributed by atoms with van der Waals surface area (Å²) in [4.78, 5) is 2.31. The van der Waals surface area contributed by atoms with Crippen LogP contribution in [0, 0.1) is 17.2 Å². The lowest BCUT2D eigenvalue weighted by atomic mass is 9.93. The van der Waals surface area contributed by atoms with Crippen molar-refractivity contribution in [3.63, 3.8) is 0 Å². The number of piperidine rings is 1. The molecular weight excluding hydrogens is 236 g/mol. The molecule has 1 N–H and O–H groups in total. The van der Waals surface area contributed by atoms with Crippen LogP contribution in [0.15, 0.2) is 18.2 Å². The lowest BCUT2D eigenvalue weighted by molar-refractivity contribution is 0.199. The molecule has 0 saturated carbocycles. The van der Waals surface area contributed by atoms with Crippen molar-refractivity contribution >= 4 is 5.69 Å². The molecule has 3 nitrogen and oxygen atoms in total. The molecule has 1 aromatic rings. The Morgan fingerprint density at radius 2 is 2.11 bits per heavy atom. The number of aliphatic hydroxyl groups excluding tert-OH is 1. The van der Waals surface area contributed by atoms with Crippen molar-refractivity contribution in [3.8, 4) is 6.07 Å². The first-order valence-corrected chi connectivity index (χ1v) is 7.12. The number of anilines is 1. The first-order valence-electron chi connectivity index (χ1n) is 7.12. The molecule has 0 spiro atoms. The van der Waals surface area contributed by atoms with E-state index in [4.69, 9.17) is 5.26 Å². The predicted octanol–water partition coefficient (Wildman–Crippen LogP) is 3.24. The van der Waals surface area contributed by atoms with Crippen molar-refractivity contribution in [2.75, 3.05) is 18.0 Å². The van der Waals surface area contributed by atoms with E-state index >= 15 is 0 Å². The standard InChI is InChI=1S/C16H22N2O/c1-3-13-6-8-18(9-7-13)16-10-14(11-17)4-5-15(16)12(2)19/h4-5,10,12-13,19H,3,6-9H2,1-2H3/t12-/m0/s1. The van der Waals surface area contributed by atoms with E-state index in [0.717, 1.165) is 30.3 Å². The maximum Gasteiger partial charge on any atom is 0.0992 e. The molecule has 0 amide bonds. The number of rotatable bonds is 3. The minimum atomic E-state index is -0.494. The van der Waals surface area contributed by atoms with E-state index in [-0.39, 0.29) is 0 Å². The van der Waals surface area contributed by atoms with Gasteiger partial charge < -0.3 is 10.0 Å². The summed E-state index contributed by atoms with van der Waals surface area (Å²) in [5.74, 6) is 0.824. The molecule has 1 heterocycles. The highest BCUT2D eigenvalue weighted by atomic mass is 16.3. The Balaban J connectivity index is 2.25. The van der Waals surface area contributed by atoms with Crippen LogP contribution in [0.4, 0.5) is 5.69 Å².